The van der Waals surface area contributed by atoms with E-state index in [0.717, 1.165) is 22.9 Å². The van der Waals surface area contributed by atoms with Crippen LogP contribution in [-0.4, -0.2) is 16.1 Å². The second-order valence-electron chi connectivity index (χ2n) is 5.03. The van der Waals surface area contributed by atoms with Crippen LogP contribution in [0.3, 0.4) is 0 Å². The van der Waals surface area contributed by atoms with Crippen LogP contribution in [0.2, 0.25) is 10.3 Å². The maximum atomic E-state index is 6.34. The number of ether oxygens (including phenoxy) is 1. The molecule has 21 heavy (non-hydrogen) atoms. The van der Waals surface area contributed by atoms with Gasteiger partial charge >= 0.3 is 0 Å². The van der Waals surface area contributed by atoms with Gasteiger partial charge in [-0.3, -0.25) is 0 Å². The zero-order chi connectivity index (χ0) is 15.0. The van der Waals surface area contributed by atoms with Crippen molar-refractivity contribution in [1.29, 1.82) is 0 Å². The van der Waals surface area contributed by atoms with Crippen LogP contribution in [0.5, 0.6) is 0 Å². The molecule has 0 saturated carbocycles. The van der Waals surface area contributed by atoms with Gasteiger partial charge in [0.25, 0.3) is 0 Å². The molecule has 110 valence electrons. The SMILES string of the molecule is CC1CCC(c2nc(Cl)c(-c3ccccc3Br)c(Cl)n2)O1. The molecule has 1 aromatic heterocycles. The number of nitrogens with zero attached hydrogens (tertiary/aromatic N) is 2. The third-order valence-electron chi connectivity index (χ3n) is 3.50. The first-order valence-corrected chi connectivity index (χ1v) is 8.24. The number of rotatable bonds is 2. The first-order chi connectivity index (χ1) is 10.1. The lowest BCUT2D eigenvalue weighted by Crippen LogP contribution is -2.07. The van der Waals surface area contributed by atoms with Crippen molar-refractivity contribution in [3.8, 4) is 11.1 Å². The highest BCUT2D eigenvalue weighted by Crippen LogP contribution is 2.39. The third-order valence-corrected chi connectivity index (χ3v) is 4.74. The van der Waals surface area contributed by atoms with Gasteiger partial charge in [-0.1, -0.05) is 57.3 Å². The van der Waals surface area contributed by atoms with Crippen molar-refractivity contribution in [2.75, 3.05) is 0 Å². The minimum atomic E-state index is -0.122. The molecule has 1 aliphatic heterocycles. The molecular formula is C15H13BrCl2N2O. The van der Waals surface area contributed by atoms with E-state index in [0.29, 0.717) is 21.7 Å². The van der Waals surface area contributed by atoms with Gasteiger partial charge < -0.3 is 4.74 Å². The van der Waals surface area contributed by atoms with Gasteiger partial charge in [-0.05, 0) is 25.8 Å². The van der Waals surface area contributed by atoms with Gasteiger partial charge in [0.2, 0.25) is 0 Å². The summed E-state index contributed by atoms with van der Waals surface area (Å²) < 4.78 is 6.67. The molecule has 6 heteroatoms. The van der Waals surface area contributed by atoms with Gasteiger partial charge in [0.15, 0.2) is 5.82 Å². The summed E-state index contributed by atoms with van der Waals surface area (Å²) in [4.78, 5) is 8.78. The van der Waals surface area contributed by atoms with Crippen LogP contribution < -0.4 is 0 Å². The van der Waals surface area contributed by atoms with Crippen molar-refractivity contribution < 1.29 is 4.74 Å². The lowest BCUT2D eigenvalue weighted by Gasteiger charge is -2.13. The van der Waals surface area contributed by atoms with Crippen molar-refractivity contribution >= 4 is 39.1 Å². The van der Waals surface area contributed by atoms with E-state index in [-0.39, 0.29) is 12.2 Å². The summed E-state index contributed by atoms with van der Waals surface area (Å²) in [5, 5.41) is 0.695. The molecule has 0 amide bonds. The summed E-state index contributed by atoms with van der Waals surface area (Å²) in [5.41, 5.74) is 1.51. The van der Waals surface area contributed by atoms with Crippen LogP contribution in [0, 0.1) is 0 Å². The van der Waals surface area contributed by atoms with Gasteiger partial charge in [-0.15, -0.1) is 0 Å². The van der Waals surface area contributed by atoms with Crippen LogP contribution in [0.15, 0.2) is 28.7 Å². The molecule has 3 rings (SSSR count). The Labute approximate surface area is 141 Å². The Morgan fingerprint density at radius 2 is 1.81 bits per heavy atom. The third kappa shape index (κ3) is 3.09. The van der Waals surface area contributed by atoms with Crippen LogP contribution in [0.1, 0.15) is 31.7 Å². The summed E-state index contributed by atoms with van der Waals surface area (Å²) in [7, 11) is 0. The van der Waals surface area contributed by atoms with Gasteiger partial charge in [0.1, 0.15) is 16.4 Å². The zero-order valence-electron chi connectivity index (χ0n) is 11.3. The van der Waals surface area contributed by atoms with Crippen LogP contribution >= 0.6 is 39.1 Å². The smallest absolute Gasteiger partial charge is 0.160 e. The Balaban J connectivity index is 2.03. The van der Waals surface area contributed by atoms with Crippen LogP contribution in [-0.2, 0) is 4.74 Å². The number of hydrogen-bond donors (Lipinski definition) is 0. The Kier molecular flexibility index (Phi) is 4.50. The zero-order valence-corrected chi connectivity index (χ0v) is 14.4. The molecule has 1 saturated heterocycles. The largest absolute Gasteiger partial charge is 0.367 e. The van der Waals surface area contributed by atoms with Gasteiger partial charge in [-0.2, -0.15) is 0 Å². The van der Waals surface area contributed by atoms with Gasteiger partial charge in [0, 0.05) is 10.0 Å². The lowest BCUT2D eigenvalue weighted by atomic mass is 10.1. The second-order valence-corrected chi connectivity index (χ2v) is 6.60. The van der Waals surface area contributed by atoms with E-state index in [4.69, 9.17) is 27.9 Å². The van der Waals surface area contributed by atoms with Crippen LogP contribution in [0.4, 0.5) is 0 Å². The van der Waals surface area contributed by atoms with Crippen molar-refractivity contribution in [2.24, 2.45) is 0 Å². The van der Waals surface area contributed by atoms with E-state index in [9.17, 15) is 0 Å². The number of benzene rings is 1. The number of aromatic nitrogens is 2. The fraction of sp³-hybridized carbons (Fsp3) is 0.333. The normalized spacial score (nSPS) is 21.7. The Bertz CT molecular complexity index is 657. The van der Waals surface area contributed by atoms with Crippen LogP contribution in [0.25, 0.3) is 11.1 Å². The first-order valence-electron chi connectivity index (χ1n) is 6.69. The molecule has 0 bridgehead atoms. The maximum Gasteiger partial charge on any atom is 0.160 e. The Morgan fingerprint density at radius 1 is 1.14 bits per heavy atom. The van der Waals surface area contributed by atoms with Crippen molar-refractivity contribution in [1.82, 2.24) is 9.97 Å². The molecule has 2 atom stereocenters. The molecule has 2 heterocycles. The highest BCUT2D eigenvalue weighted by molar-refractivity contribution is 9.10. The quantitative estimate of drug-likeness (QED) is 0.642. The monoisotopic (exact) mass is 386 g/mol. The fourth-order valence-electron chi connectivity index (χ4n) is 2.45. The topological polar surface area (TPSA) is 35.0 Å². The van der Waals surface area contributed by atoms with E-state index >= 15 is 0 Å². The minimum Gasteiger partial charge on any atom is -0.367 e. The molecule has 3 nitrogen and oxygen atoms in total. The average Bonchev–Trinajstić information content (AvgIpc) is 2.87. The molecule has 0 N–H and O–H groups in total. The van der Waals surface area contributed by atoms with Gasteiger partial charge in [0.05, 0.1) is 11.7 Å². The Morgan fingerprint density at radius 3 is 2.38 bits per heavy atom. The Hall–Kier alpha value is -0.680. The van der Waals surface area contributed by atoms with Crippen molar-refractivity contribution in [2.45, 2.75) is 32.0 Å². The van der Waals surface area contributed by atoms with Crippen molar-refractivity contribution in [3.05, 3.63) is 44.9 Å². The fourth-order valence-corrected chi connectivity index (χ4v) is 3.53. The van der Waals surface area contributed by atoms with E-state index < -0.39 is 0 Å². The van der Waals surface area contributed by atoms with E-state index in [1.807, 2.05) is 31.2 Å². The summed E-state index contributed by atoms with van der Waals surface area (Å²) in [6.07, 6.45) is 1.99. The highest BCUT2D eigenvalue weighted by Gasteiger charge is 2.27. The predicted octanol–water partition coefficient (Wildman–Crippen LogP) is 5.45. The summed E-state index contributed by atoms with van der Waals surface area (Å²) in [6.45, 7) is 2.04. The molecule has 0 spiro atoms. The minimum absolute atomic E-state index is 0.122. The van der Waals surface area contributed by atoms with E-state index in [1.165, 1.54) is 0 Å². The molecule has 1 aromatic carbocycles. The summed E-state index contributed by atoms with van der Waals surface area (Å²) in [5.74, 6) is 0.560. The standard InChI is InChI=1S/C15H13BrCl2N2O/c1-8-6-7-11(21-8)15-19-13(17)12(14(18)20-15)9-4-2-3-5-10(9)16/h2-5,8,11H,6-7H2,1H3. The van der Waals surface area contributed by atoms with Gasteiger partial charge in [-0.25, -0.2) is 9.97 Å². The number of halogens is 3. The first kappa shape index (κ1) is 15.2. The molecule has 1 fully saturated rings. The summed E-state index contributed by atoms with van der Waals surface area (Å²) in [6, 6.07) is 7.70. The second kappa shape index (κ2) is 6.21. The van der Waals surface area contributed by atoms with Crippen molar-refractivity contribution in [3.63, 3.8) is 0 Å². The molecule has 1 aliphatic rings. The molecular weight excluding hydrogens is 375 g/mol. The molecule has 2 aromatic rings. The predicted molar refractivity (Wildman–Crippen MR) is 87.7 cm³/mol. The summed E-state index contributed by atoms with van der Waals surface area (Å²) >= 11 is 16.2. The maximum absolute atomic E-state index is 6.34. The molecule has 2 unspecified atom stereocenters. The van der Waals surface area contributed by atoms with E-state index in [2.05, 4.69) is 25.9 Å². The highest BCUT2D eigenvalue weighted by atomic mass is 79.9. The lowest BCUT2D eigenvalue weighted by molar-refractivity contribution is 0.0503. The molecule has 0 aliphatic carbocycles. The van der Waals surface area contributed by atoms with E-state index in [1.54, 1.807) is 0 Å². The number of hydrogen-bond acceptors (Lipinski definition) is 3. The average molecular weight is 388 g/mol. The molecule has 0 radical (unpaired) electrons.